The van der Waals surface area contributed by atoms with Crippen LogP contribution in [0.1, 0.15) is 18.5 Å². The largest absolute Gasteiger partial charge is 0.487 e. The number of fused-ring (bicyclic) bond motifs is 1. The first-order valence-corrected chi connectivity index (χ1v) is 8.75. The maximum Gasteiger partial charge on any atom is 0.166 e. The summed E-state index contributed by atoms with van der Waals surface area (Å²) in [5.74, 6) is 0.963. The average Bonchev–Trinajstić information content (AvgIpc) is 2.64. The number of nitrogens with zero attached hydrogens (tertiary/aromatic N) is 2. The molecular formula is C19H24N4O. The molecule has 2 aliphatic rings. The molecule has 126 valence electrons. The molecule has 1 aromatic carbocycles. The summed E-state index contributed by atoms with van der Waals surface area (Å²) < 4.78 is 6.05. The monoisotopic (exact) mass is 324 g/mol. The van der Waals surface area contributed by atoms with Gasteiger partial charge in [-0.15, -0.1) is 0 Å². The number of aromatic nitrogens is 1. The van der Waals surface area contributed by atoms with Crippen LogP contribution in [0.4, 0.5) is 17.1 Å². The quantitative estimate of drug-likeness (QED) is 0.909. The van der Waals surface area contributed by atoms with Gasteiger partial charge in [0.05, 0.1) is 29.3 Å². The van der Waals surface area contributed by atoms with Crippen LogP contribution in [-0.4, -0.2) is 37.3 Å². The highest BCUT2D eigenvalue weighted by atomic mass is 16.5. The Morgan fingerprint density at radius 3 is 2.83 bits per heavy atom. The molecule has 3 heterocycles. The molecule has 4 rings (SSSR count). The van der Waals surface area contributed by atoms with Gasteiger partial charge in [-0.1, -0.05) is 6.07 Å². The first-order valence-electron chi connectivity index (χ1n) is 8.75. The molecule has 2 N–H and O–H groups in total. The smallest absolute Gasteiger partial charge is 0.166 e. The summed E-state index contributed by atoms with van der Waals surface area (Å²) >= 11 is 0. The van der Waals surface area contributed by atoms with E-state index in [4.69, 9.17) is 4.74 Å². The summed E-state index contributed by atoms with van der Waals surface area (Å²) in [4.78, 5) is 6.88. The minimum absolute atomic E-state index is 0.601. The lowest BCUT2D eigenvalue weighted by Crippen LogP contribution is -2.46. The number of pyridine rings is 1. The molecule has 0 aliphatic carbocycles. The van der Waals surface area contributed by atoms with Crippen molar-refractivity contribution in [3.05, 3.63) is 42.2 Å². The zero-order chi connectivity index (χ0) is 16.4. The fourth-order valence-electron chi connectivity index (χ4n) is 3.63. The Hall–Kier alpha value is -2.27. The molecule has 0 amide bonds. The number of para-hydroxylation sites is 1. The van der Waals surface area contributed by atoms with E-state index in [-0.39, 0.29) is 0 Å². The standard InChI is InChI=1S/C19H24N4O/c1-14-16(5-3-9-21-14)22-17-4-2-6-18-19(17)24-13-12-23(18)15-7-10-20-11-8-15/h2-6,9,15,20,22H,7-8,10-13H2,1H3. The van der Waals surface area contributed by atoms with Gasteiger partial charge in [-0.3, -0.25) is 4.98 Å². The molecule has 1 fully saturated rings. The van der Waals surface area contributed by atoms with Gasteiger partial charge in [0.15, 0.2) is 5.75 Å². The van der Waals surface area contributed by atoms with E-state index in [1.54, 1.807) is 0 Å². The van der Waals surface area contributed by atoms with Crippen molar-refractivity contribution in [1.82, 2.24) is 10.3 Å². The van der Waals surface area contributed by atoms with Crippen LogP contribution >= 0.6 is 0 Å². The van der Waals surface area contributed by atoms with Gasteiger partial charge in [0.1, 0.15) is 6.61 Å². The van der Waals surface area contributed by atoms with Crippen molar-refractivity contribution in [3.63, 3.8) is 0 Å². The normalized spacial score (nSPS) is 18.0. The second-order valence-electron chi connectivity index (χ2n) is 6.44. The zero-order valence-electron chi connectivity index (χ0n) is 14.1. The van der Waals surface area contributed by atoms with Gasteiger partial charge in [0.25, 0.3) is 0 Å². The second-order valence-corrected chi connectivity index (χ2v) is 6.44. The number of aryl methyl sites for hydroxylation is 1. The molecule has 1 saturated heterocycles. The van der Waals surface area contributed by atoms with Crippen molar-refractivity contribution in [2.75, 3.05) is 36.5 Å². The van der Waals surface area contributed by atoms with Gasteiger partial charge >= 0.3 is 0 Å². The highest BCUT2D eigenvalue weighted by Gasteiger charge is 2.27. The van der Waals surface area contributed by atoms with E-state index in [0.717, 1.165) is 49.1 Å². The van der Waals surface area contributed by atoms with Gasteiger partial charge in [-0.05, 0) is 57.1 Å². The van der Waals surface area contributed by atoms with Crippen LogP contribution in [0.3, 0.4) is 0 Å². The lowest BCUT2D eigenvalue weighted by atomic mass is 10.0. The minimum atomic E-state index is 0.601. The molecule has 0 bridgehead atoms. The Balaban J connectivity index is 1.65. The third-order valence-corrected chi connectivity index (χ3v) is 4.91. The zero-order valence-corrected chi connectivity index (χ0v) is 14.1. The van der Waals surface area contributed by atoms with Gasteiger partial charge in [-0.2, -0.15) is 0 Å². The highest BCUT2D eigenvalue weighted by Crippen LogP contribution is 2.41. The minimum Gasteiger partial charge on any atom is -0.487 e. The fraction of sp³-hybridized carbons (Fsp3) is 0.421. The molecule has 5 heteroatoms. The predicted octanol–water partition coefficient (Wildman–Crippen LogP) is 3.08. The van der Waals surface area contributed by atoms with Crippen molar-refractivity contribution >= 4 is 17.1 Å². The molecule has 5 nitrogen and oxygen atoms in total. The van der Waals surface area contributed by atoms with Crippen LogP contribution in [0.25, 0.3) is 0 Å². The topological polar surface area (TPSA) is 49.4 Å². The van der Waals surface area contributed by atoms with Gasteiger partial charge in [0.2, 0.25) is 0 Å². The summed E-state index contributed by atoms with van der Waals surface area (Å²) in [5, 5.41) is 6.95. The van der Waals surface area contributed by atoms with Crippen LogP contribution in [-0.2, 0) is 0 Å². The maximum atomic E-state index is 6.05. The summed E-state index contributed by atoms with van der Waals surface area (Å²) in [5.41, 5.74) is 4.23. The van der Waals surface area contributed by atoms with E-state index in [9.17, 15) is 0 Å². The summed E-state index contributed by atoms with van der Waals surface area (Å²) in [6.07, 6.45) is 4.20. The number of anilines is 3. The van der Waals surface area contributed by atoms with E-state index in [2.05, 4.69) is 44.8 Å². The van der Waals surface area contributed by atoms with Crippen molar-refractivity contribution in [2.24, 2.45) is 0 Å². The Morgan fingerprint density at radius 2 is 2.00 bits per heavy atom. The number of ether oxygens (including phenoxy) is 1. The predicted molar refractivity (Wildman–Crippen MR) is 97.4 cm³/mol. The van der Waals surface area contributed by atoms with E-state index in [1.165, 1.54) is 18.5 Å². The number of hydrogen-bond acceptors (Lipinski definition) is 5. The number of hydrogen-bond donors (Lipinski definition) is 2. The van der Waals surface area contributed by atoms with E-state index in [0.29, 0.717) is 6.04 Å². The van der Waals surface area contributed by atoms with Crippen molar-refractivity contribution < 1.29 is 4.74 Å². The lowest BCUT2D eigenvalue weighted by Gasteiger charge is -2.40. The first kappa shape index (κ1) is 15.3. The van der Waals surface area contributed by atoms with Gasteiger partial charge in [0, 0.05) is 12.2 Å². The maximum absolute atomic E-state index is 6.05. The SMILES string of the molecule is Cc1ncccc1Nc1cccc2c1OCCN2C1CCNCC1. The molecule has 1 aromatic heterocycles. The van der Waals surface area contributed by atoms with Crippen LogP contribution in [0.15, 0.2) is 36.5 Å². The second kappa shape index (κ2) is 6.69. The Bertz CT molecular complexity index is 712. The molecule has 0 saturated carbocycles. The summed E-state index contributed by atoms with van der Waals surface area (Å²) in [7, 11) is 0. The third kappa shape index (κ3) is 2.91. The first-order chi connectivity index (χ1) is 11.8. The Kier molecular flexibility index (Phi) is 4.26. The third-order valence-electron chi connectivity index (χ3n) is 4.91. The molecular weight excluding hydrogens is 300 g/mol. The van der Waals surface area contributed by atoms with E-state index >= 15 is 0 Å². The van der Waals surface area contributed by atoms with Crippen LogP contribution < -0.4 is 20.3 Å². The van der Waals surface area contributed by atoms with Crippen LogP contribution in [0.2, 0.25) is 0 Å². The van der Waals surface area contributed by atoms with Crippen molar-refractivity contribution in [2.45, 2.75) is 25.8 Å². The summed E-state index contributed by atoms with van der Waals surface area (Å²) in [6.45, 7) is 5.92. The molecule has 0 radical (unpaired) electrons. The average molecular weight is 324 g/mol. The molecule has 24 heavy (non-hydrogen) atoms. The number of benzene rings is 1. The molecule has 2 aromatic rings. The van der Waals surface area contributed by atoms with E-state index in [1.807, 2.05) is 19.2 Å². The molecule has 0 atom stereocenters. The van der Waals surface area contributed by atoms with E-state index < -0.39 is 0 Å². The van der Waals surface area contributed by atoms with Crippen molar-refractivity contribution in [3.8, 4) is 5.75 Å². The molecule has 0 spiro atoms. The molecule has 2 aliphatic heterocycles. The molecule has 0 unspecified atom stereocenters. The number of rotatable bonds is 3. The lowest BCUT2D eigenvalue weighted by molar-refractivity contribution is 0.292. The number of piperidine rings is 1. The van der Waals surface area contributed by atoms with Crippen molar-refractivity contribution in [1.29, 1.82) is 0 Å². The van der Waals surface area contributed by atoms with Crippen LogP contribution in [0, 0.1) is 6.92 Å². The van der Waals surface area contributed by atoms with Gasteiger partial charge in [-0.25, -0.2) is 0 Å². The Labute approximate surface area is 143 Å². The summed E-state index contributed by atoms with van der Waals surface area (Å²) in [6, 6.07) is 11.0. The highest BCUT2D eigenvalue weighted by molar-refractivity contribution is 5.77. The van der Waals surface area contributed by atoms with Gasteiger partial charge < -0.3 is 20.3 Å². The fourth-order valence-corrected chi connectivity index (χ4v) is 3.63. The number of nitrogens with one attached hydrogen (secondary N) is 2. The van der Waals surface area contributed by atoms with Crippen LogP contribution in [0.5, 0.6) is 5.75 Å². The Morgan fingerprint density at radius 1 is 1.17 bits per heavy atom.